The van der Waals surface area contributed by atoms with E-state index < -0.39 is 15.9 Å². The Bertz CT molecular complexity index is 645. The number of carbonyl (C=O) groups is 1. The van der Waals surface area contributed by atoms with Crippen LogP contribution in [0.1, 0.15) is 37.6 Å². The summed E-state index contributed by atoms with van der Waals surface area (Å²) in [6, 6.07) is 2.23. The molecule has 21 heavy (non-hydrogen) atoms. The molecule has 0 aliphatic heterocycles. The van der Waals surface area contributed by atoms with Crippen molar-refractivity contribution in [2.24, 2.45) is 11.1 Å². The van der Waals surface area contributed by atoms with E-state index in [0.29, 0.717) is 5.92 Å². The Morgan fingerprint density at radius 2 is 1.81 bits per heavy atom. The van der Waals surface area contributed by atoms with E-state index in [1.807, 2.05) is 20.8 Å². The van der Waals surface area contributed by atoms with Crippen molar-refractivity contribution >= 4 is 39.1 Å². The summed E-state index contributed by atoms with van der Waals surface area (Å²) < 4.78 is 22.9. The molecular formula is C13H18Cl2N2O3S. The monoisotopic (exact) mass is 352 g/mol. The molecule has 118 valence electrons. The van der Waals surface area contributed by atoms with Gasteiger partial charge in [0.1, 0.15) is 4.90 Å². The Morgan fingerprint density at radius 1 is 1.24 bits per heavy atom. The number of amides is 1. The molecule has 1 aromatic carbocycles. The van der Waals surface area contributed by atoms with Gasteiger partial charge in [0, 0.05) is 6.04 Å². The van der Waals surface area contributed by atoms with E-state index in [2.05, 4.69) is 5.32 Å². The fourth-order valence-electron chi connectivity index (χ4n) is 1.99. The molecule has 0 aromatic heterocycles. The van der Waals surface area contributed by atoms with Crippen LogP contribution in [-0.2, 0) is 10.0 Å². The van der Waals surface area contributed by atoms with Crippen LogP contribution in [0, 0.1) is 5.92 Å². The SMILES string of the molecule is CC(C)CC(C)NC(=O)c1cc(S(N)(=O)=O)c(Cl)cc1Cl. The Morgan fingerprint density at radius 3 is 2.29 bits per heavy atom. The van der Waals surface area contributed by atoms with Gasteiger partial charge in [-0.3, -0.25) is 4.79 Å². The van der Waals surface area contributed by atoms with Crippen LogP contribution in [-0.4, -0.2) is 20.4 Å². The fourth-order valence-corrected chi connectivity index (χ4v) is 3.39. The Kier molecular flexibility index (Phi) is 6.04. The minimum absolute atomic E-state index is 0.0284. The highest BCUT2D eigenvalue weighted by Gasteiger charge is 2.20. The Hall–Kier alpha value is -0.820. The third-order valence-electron chi connectivity index (χ3n) is 2.78. The zero-order valence-electron chi connectivity index (χ0n) is 12.0. The lowest BCUT2D eigenvalue weighted by Gasteiger charge is -2.17. The molecule has 1 amide bonds. The summed E-state index contributed by atoms with van der Waals surface area (Å²) in [6.45, 7) is 5.94. The summed E-state index contributed by atoms with van der Waals surface area (Å²) in [5.74, 6) is -0.0457. The third kappa shape index (κ3) is 5.14. The topological polar surface area (TPSA) is 89.3 Å². The van der Waals surface area contributed by atoms with Crippen molar-refractivity contribution in [3.8, 4) is 0 Å². The minimum atomic E-state index is -4.02. The first-order chi connectivity index (χ1) is 9.52. The van der Waals surface area contributed by atoms with E-state index in [4.69, 9.17) is 28.3 Å². The summed E-state index contributed by atoms with van der Waals surface area (Å²) >= 11 is 11.7. The molecule has 0 heterocycles. The zero-order chi connectivity index (χ0) is 16.4. The van der Waals surface area contributed by atoms with E-state index in [-0.39, 0.29) is 26.5 Å². The standard InChI is InChI=1S/C13H18Cl2N2O3S/c1-7(2)4-8(3)17-13(18)9-5-12(21(16,19)20)11(15)6-10(9)14/h5-8H,4H2,1-3H3,(H,17,18)(H2,16,19,20). The summed E-state index contributed by atoms with van der Waals surface area (Å²) in [7, 11) is -4.02. The van der Waals surface area contributed by atoms with Gasteiger partial charge in [-0.25, -0.2) is 13.6 Å². The van der Waals surface area contributed by atoms with E-state index in [9.17, 15) is 13.2 Å². The molecule has 1 atom stereocenters. The van der Waals surface area contributed by atoms with Crippen LogP contribution in [0.3, 0.4) is 0 Å². The number of benzene rings is 1. The molecule has 0 fully saturated rings. The smallest absolute Gasteiger partial charge is 0.253 e. The van der Waals surface area contributed by atoms with Gasteiger partial charge in [0.05, 0.1) is 15.6 Å². The molecule has 1 aromatic rings. The van der Waals surface area contributed by atoms with Gasteiger partial charge < -0.3 is 5.32 Å². The third-order valence-corrected chi connectivity index (χ3v) is 4.46. The van der Waals surface area contributed by atoms with E-state index in [0.717, 1.165) is 12.5 Å². The first-order valence-electron chi connectivity index (χ1n) is 6.35. The van der Waals surface area contributed by atoms with Crippen LogP contribution in [0.2, 0.25) is 10.0 Å². The maximum Gasteiger partial charge on any atom is 0.253 e. The predicted molar refractivity (Wildman–Crippen MR) is 84.2 cm³/mol. The molecule has 0 saturated carbocycles. The number of halogens is 2. The molecule has 1 rings (SSSR count). The lowest BCUT2D eigenvalue weighted by atomic mass is 10.0. The number of nitrogens with two attached hydrogens (primary N) is 1. The van der Waals surface area contributed by atoms with Crippen molar-refractivity contribution < 1.29 is 13.2 Å². The van der Waals surface area contributed by atoms with Crippen molar-refractivity contribution in [1.82, 2.24) is 5.32 Å². The number of rotatable bonds is 5. The van der Waals surface area contributed by atoms with E-state index in [1.165, 1.54) is 6.07 Å². The van der Waals surface area contributed by atoms with Crippen molar-refractivity contribution in [3.05, 3.63) is 27.7 Å². The first-order valence-corrected chi connectivity index (χ1v) is 8.65. The summed E-state index contributed by atoms with van der Waals surface area (Å²) in [5, 5.41) is 7.78. The summed E-state index contributed by atoms with van der Waals surface area (Å²) in [6.07, 6.45) is 0.791. The van der Waals surface area contributed by atoms with Gasteiger partial charge >= 0.3 is 0 Å². The number of sulfonamides is 1. The molecule has 0 aliphatic carbocycles. The quantitative estimate of drug-likeness (QED) is 0.853. The highest BCUT2D eigenvalue weighted by atomic mass is 35.5. The number of primary sulfonamides is 1. The van der Waals surface area contributed by atoms with Crippen molar-refractivity contribution in [3.63, 3.8) is 0 Å². The zero-order valence-corrected chi connectivity index (χ0v) is 14.3. The van der Waals surface area contributed by atoms with Crippen LogP contribution in [0.15, 0.2) is 17.0 Å². The number of carbonyl (C=O) groups excluding carboxylic acids is 1. The predicted octanol–water partition coefficient (Wildman–Crippen LogP) is 2.81. The average Bonchev–Trinajstić information content (AvgIpc) is 2.24. The van der Waals surface area contributed by atoms with E-state index in [1.54, 1.807) is 0 Å². The molecule has 0 spiro atoms. The van der Waals surface area contributed by atoms with Crippen molar-refractivity contribution in [2.45, 2.75) is 38.1 Å². The lowest BCUT2D eigenvalue weighted by Crippen LogP contribution is -2.33. The van der Waals surface area contributed by atoms with Gasteiger partial charge in [0.15, 0.2) is 0 Å². The summed E-state index contributed by atoms with van der Waals surface area (Å²) in [5.41, 5.74) is 0.0284. The van der Waals surface area contributed by atoms with Gasteiger partial charge in [-0.05, 0) is 31.4 Å². The molecule has 0 bridgehead atoms. The largest absolute Gasteiger partial charge is 0.350 e. The lowest BCUT2D eigenvalue weighted by molar-refractivity contribution is 0.0936. The van der Waals surface area contributed by atoms with Crippen molar-refractivity contribution in [2.75, 3.05) is 0 Å². The normalized spacial score (nSPS) is 13.3. The number of hydrogen-bond acceptors (Lipinski definition) is 3. The second-order valence-electron chi connectivity index (χ2n) is 5.31. The van der Waals surface area contributed by atoms with Gasteiger partial charge in [-0.15, -0.1) is 0 Å². The molecule has 0 radical (unpaired) electrons. The Balaban J connectivity index is 3.10. The molecule has 1 unspecified atom stereocenters. The highest BCUT2D eigenvalue weighted by molar-refractivity contribution is 7.89. The fraction of sp³-hybridized carbons (Fsp3) is 0.462. The molecule has 5 nitrogen and oxygen atoms in total. The van der Waals surface area contributed by atoms with Crippen LogP contribution in [0.5, 0.6) is 0 Å². The average molecular weight is 353 g/mol. The maximum absolute atomic E-state index is 12.2. The minimum Gasteiger partial charge on any atom is -0.350 e. The van der Waals surface area contributed by atoms with Crippen LogP contribution >= 0.6 is 23.2 Å². The second-order valence-corrected chi connectivity index (χ2v) is 7.66. The van der Waals surface area contributed by atoms with Gasteiger partial charge in [-0.1, -0.05) is 37.0 Å². The molecule has 0 saturated heterocycles. The van der Waals surface area contributed by atoms with Gasteiger partial charge in [0.2, 0.25) is 10.0 Å². The van der Waals surface area contributed by atoms with Gasteiger partial charge in [-0.2, -0.15) is 0 Å². The Labute approximate surface area is 134 Å². The molecular weight excluding hydrogens is 335 g/mol. The van der Waals surface area contributed by atoms with Crippen LogP contribution < -0.4 is 10.5 Å². The van der Waals surface area contributed by atoms with Gasteiger partial charge in [0.25, 0.3) is 5.91 Å². The molecule has 3 N–H and O–H groups in total. The first kappa shape index (κ1) is 18.2. The highest BCUT2D eigenvalue weighted by Crippen LogP contribution is 2.28. The van der Waals surface area contributed by atoms with Crippen LogP contribution in [0.4, 0.5) is 0 Å². The van der Waals surface area contributed by atoms with Crippen LogP contribution in [0.25, 0.3) is 0 Å². The second kappa shape index (κ2) is 6.96. The maximum atomic E-state index is 12.2. The summed E-state index contributed by atoms with van der Waals surface area (Å²) in [4.78, 5) is 11.8. The number of nitrogens with one attached hydrogen (secondary N) is 1. The van der Waals surface area contributed by atoms with Crippen molar-refractivity contribution in [1.29, 1.82) is 0 Å². The molecule has 0 aliphatic rings. The van der Waals surface area contributed by atoms with E-state index >= 15 is 0 Å². The number of hydrogen-bond donors (Lipinski definition) is 2. The molecule has 8 heteroatoms.